The van der Waals surface area contributed by atoms with E-state index >= 15 is 0 Å². The summed E-state index contributed by atoms with van der Waals surface area (Å²) in [6.45, 7) is 7.01. The second kappa shape index (κ2) is 13.5. The maximum atomic E-state index is 14.0. The van der Waals surface area contributed by atoms with E-state index in [9.17, 15) is 9.59 Å². The molecule has 0 saturated heterocycles. The quantitative estimate of drug-likeness (QED) is 0.352. The van der Waals surface area contributed by atoms with E-state index in [1.54, 1.807) is 12.0 Å². The molecular formula is C31H38N2O3. The van der Waals surface area contributed by atoms with Gasteiger partial charge in [0.15, 0.2) is 0 Å². The Hall–Kier alpha value is -3.60. The molecule has 0 aliphatic rings. The monoisotopic (exact) mass is 486 g/mol. The van der Waals surface area contributed by atoms with E-state index in [0.29, 0.717) is 25.4 Å². The third-order valence-corrected chi connectivity index (χ3v) is 6.37. The Bertz CT molecular complexity index is 1040. The molecule has 0 bridgehead atoms. The van der Waals surface area contributed by atoms with Crippen LogP contribution in [0.15, 0.2) is 84.9 Å². The average Bonchev–Trinajstić information content (AvgIpc) is 2.91. The summed E-state index contributed by atoms with van der Waals surface area (Å²) in [5.74, 6) is 0.831. The molecule has 5 nitrogen and oxygen atoms in total. The van der Waals surface area contributed by atoms with Crippen molar-refractivity contribution in [2.24, 2.45) is 5.92 Å². The Kier molecular flexibility index (Phi) is 10.1. The second-order valence-corrected chi connectivity index (χ2v) is 9.51. The lowest BCUT2D eigenvalue weighted by molar-refractivity contribution is -0.141. The number of nitrogens with one attached hydrogen (secondary N) is 1. The van der Waals surface area contributed by atoms with Gasteiger partial charge in [0.1, 0.15) is 11.8 Å². The Morgan fingerprint density at radius 2 is 1.42 bits per heavy atom. The highest BCUT2D eigenvalue weighted by atomic mass is 16.5. The van der Waals surface area contributed by atoms with E-state index < -0.39 is 6.04 Å². The second-order valence-electron chi connectivity index (χ2n) is 9.51. The Balaban J connectivity index is 1.93. The number of methoxy groups -OCH3 is 1. The van der Waals surface area contributed by atoms with Crippen LogP contribution in [0.2, 0.25) is 0 Å². The fourth-order valence-corrected chi connectivity index (χ4v) is 4.36. The molecule has 0 fully saturated rings. The third-order valence-electron chi connectivity index (χ3n) is 6.37. The molecule has 36 heavy (non-hydrogen) atoms. The van der Waals surface area contributed by atoms with Crippen molar-refractivity contribution in [2.45, 2.75) is 52.1 Å². The molecule has 3 aromatic rings. The average molecular weight is 487 g/mol. The topological polar surface area (TPSA) is 58.6 Å². The van der Waals surface area contributed by atoms with Crippen LogP contribution < -0.4 is 10.1 Å². The van der Waals surface area contributed by atoms with E-state index in [-0.39, 0.29) is 24.2 Å². The molecule has 0 spiro atoms. The van der Waals surface area contributed by atoms with Crippen LogP contribution in [0.1, 0.15) is 56.2 Å². The van der Waals surface area contributed by atoms with E-state index in [0.717, 1.165) is 22.4 Å². The van der Waals surface area contributed by atoms with Gasteiger partial charge >= 0.3 is 0 Å². The summed E-state index contributed by atoms with van der Waals surface area (Å²) in [7, 11) is 1.63. The number of carbonyl (C=O) groups excluding carboxylic acids is 2. The maximum absolute atomic E-state index is 14.0. The van der Waals surface area contributed by atoms with E-state index in [1.165, 1.54) is 0 Å². The lowest BCUT2D eigenvalue weighted by Gasteiger charge is -2.32. The molecule has 3 aromatic carbocycles. The summed E-state index contributed by atoms with van der Waals surface area (Å²) in [5, 5.41) is 3.04. The maximum Gasteiger partial charge on any atom is 0.242 e. The number of nitrogens with zero attached hydrogens (tertiary/aromatic N) is 1. The van der Waals surface area contributed by atoms with Crippen LogP contribution in [0.3, 0.4) is 0 Å². The van der Waals surface area contributed by atoms with Crippen LogP contribution in [0.5, 0.6) is 5.75 Å². The number of hydrogen-bond donors (Lipinski definition) is 1. The highest BCUT2D eigenvalue weighted by molar-refractivity contribution is 5.88. The Morgan fingerprint density at radius 1 is 0.861 bits per heavy atom. The Labute approximate surface area is 215 Å². The number of carbonyl (C=O) groups is 2. The predicted octanol–water partition coefficient (Wildman–Crippen LogP) is 5.80. The molecule has 5 heteroatoms. The summed E-state index contributed by atoms with van der Waals surface area (Å²) in [6.07, 6.45) is 0.811. The van der Waals surface area contributed by atoms with Crippen LogP contribution in [0, 0.1) is 5.92 Å². The molecule has 1 atom stereocenters. The first kappa shape index (κ1) is 27.0. The lowest BCUT2D eigenvalue weighted by atomic mass is 9.88. The fourth-order valence-electron chi connectivity index (χ4n) is 4.36. The Morgan fingerprint density at radius 3 is 1.89 bits per heavy atom. The van der Waals surface area contributed by atoms with Gasteiger partial charge in [0.25, 0.3) is 0 Å². The number of ether oxygens (including phenoxy) is 1. The van der Waals surface area contributed by atoms with Gasteiger partial charge in [-0.1, -0.05) is 93.6 Å². The number of benzene rings is 3. The minimum absolute atomic E-state index is 0.0462. The molecule has 0 aliphatic heterocycles. The normalized spacial score (nSPS) is 11.8. The summed E-state index contributed by atoms with van der Waals surface area (Å²) in [6, 6.07) is 27.3. The minimum Gasteiger partial charge on any atom is -0.497 e. The summed E-state index contributed by atoms with van der Waals surface area (Å²) >= 11 is 0. The van der Waals surface area contributed by atoms with Gasteiger partial charge in [0, 0.05) is 25.4 Å². The van der Waals surface area contributed by atoms with Gasteiger partial charge < -0.3 is 15.0 Å². The van der Waals surface area contributed by atoms with Crippen molar-refractivity contribution < 1.29 is 14.3 Å². The summed E-state index contributed by atoms with van der Waals surface area (Å²) < 4.78 is 5.29. The van der Waals surface area contributed by atoms with Crippen molar-refractivity contribution in [3.05, 3.63) is 102 Å². The highest BCUT2D eigenvalue weighted by Gasteiger charge is 2.30. The van der Waals surface area contributed by atoms with Crippen LogP contribution in [-0.2, 0) is 16.1 Å². The molecule has 0 saturated carbocycles. The van der Waals surface area contributed by atoms with Crippen LogP contribution in [-0.4, -0.2) is 36.4 Å². The van der Waals surface area contributed by atoms with E-state index in [1.807, 2.05) is 67.6 Å². The first-order valence-electron chi connectivity index (χ1n) is 12.7. The van der Waals surface area contributed by atoms with Crippen LogP contribution in [0.25, 0.3) is 0 Å². The molecule has 2 amide bonds. The molecular weight excluding hydrogens is 448 g/mol. The van der Waals surface area contributed by atoms with Gasteiger partial charge in [-0.25, -0.2) is 0 Å². The van der Waals surface area contributed by atoms with Crippen molar-refractivity contribution >= 4 is 11.8 Å². The fraction of sp³-hybridized carbons (Fsp3) is 0.355. The van der Waals surface area contributed by atoms with Crippen molar-refractivity contribution in [2.75, 3.05) is 13.7 Å². The van der Waals surface area contributed by atoms with Gasteiger partial charge in [-0.3, -0.25) is 9.59 Å². The molecule has 0 radical (unpaired) electrons. The van der Waals surface area contributed by atoms with Crippen LogP contribution in [0.4, 0.5) is 0 Å². The van der Waals surface area contributed by atoms with Crippen molar-refractivity contribution in [3.63, 3.8) is 0 Å². The zero-order valence-corrected chi connectivity index (χ0v) is 21.8. The number of amides is 2. The van der Waals surface area contributed by atoms with Crippen LogP contribution >= 0.6 is 0 Å². The zero-order valence-electron chi connectivity index (χ0n) is 21.8. The van der Waals surface area contributed by atoms with Crippen molar-refractivity contribution in [1.29, 1.82) is 0 Å². The van der Waals surface area contributed by atoms with E-state index in [4.69, 9.17) is 4.74 Å². The molecule has 1 N–H and O–H groups in total. The van der Waals surface area contributed by atoms with Crippen molar-refractivity contribution in [1.82, 2.24) is 10.2 Å². The first-order chi connectivity index (χ1) is 17.4. The van der Waals surface area contributed by atoms with Gasteiger partial charge in [-0.05, 0) is 41.2 Å². The molecule has 0 heterocycles. The van der Waals surface area contributed by atoms with Gasteiger partial charge in [0.05, 0.1) is 7.11 Å². The number of hydrogen-bond acceptors (Lipinski definition) is 3. The standard InChI is InChI=1S/C31H38N2O3/c1-5-29(31(35)32-21-23(2)3)33(22-24-16-18-27(36-4)19-17-24)30(34)20-28(25-12-8-6-9-13-25)26-14-10-7-11-15-26/h6-19,23,28-29H,5,20-22H2,1-4H3,(H,32,35). The number of rotatable bonds is 12. The molecule has 0 aliphatic carbocycles. The van der Waals surface area contributed by atoms with Gasteiger partial charge in [-0.15, -0.1) is 0 Å². The SMILES string of the molecule is CCC(C(=O)NCC(C)C)N(Cc1ccc(OC)cc1)C(=O)CC(c1ccccc1)c1ccccc1. The largest absolute Gasteiger partial charge is 0.497 e. The summed E-state index contributed by atoms with van der Waals surface area (Å²) in [4.78, 5) is 29.0. The smallest absolute Gasteiger partial charge is 0.242 e. The predicted molar refractivity (Wildman–Crippen MR) is 145 cm³/mol. The molecule has 0 aromatic heterocycles. The third kappa shape index (κ3) is 7.45. The lowest BCUT2D eigenvalue weighted by Crippen LogP contribution is -2.49. The molecule has 190 valence electrons. The van der Waals surface area contributed by atoms with E-state index in [2.05, 4.69) is 43.4 Å². The molecule has 3 rings (SSSR count). The highest BCUT2D eigenvalue weighted by Crippen LogP contribution is 2.29. The van der Waals surface area contributed by atoms with Gasteiger partial charge in [0.2, 0.25) is 11.8 Å². The van der Waals surface area contributed by atoms with Gasteiger partial charge in [-0.2, -0.15) is 0 Å². The molecule has 1 unspecified atom stereocenters. The zero-order chi connectivity index (χ0) is 25.9. The first-order valence-corrected chi connectivity index (χ1v) is 12.7. The summed E-state index contributed by atoms with van der Waals surface area (Å²) in [5.41, 5.74) is 3.12. The van der Waals surface area contributed by atoms with Crippen molar-refractivity contribution in [3.8, 4) is 5.75 Å². The minimum atomic E-state index is -0.550.